The van der Waals surface area contributed by atoms with E-state index in [1.807, 2.05) is 6.92 Å². The number of aliphatic carboxylic acids is 1. The van der Waals surface area contributed by atoms with Gasteiger partial charge in [-0.05, 0) is 29.9 Å². The second kappa shape index (κ2) is 7.49. The van der Waals surface area contributed by atoms with Crippen LogP contribution in [0.4, 0.5) is 13.2 Å². The van der Waals surface area contributed by atoms with E-state index in [2.05, 4.69) is 4.74 Å². The minimum atomic E-state index is -4.77. The summed E-state index contributed by atoms with van der Waals surface area (Å²) in [7, 11) is 0. The number of alkyl halides is 3. The van der Waals surface area contributed by atoms with Crippen LogP contribution in [0, 0.1) is 5.92 Å². The number of para-hydroxylation sites is 1. The van der Waals surface area contributed by atoms with Crippen LogP contribution in [-0.2, 0) is 4.79 Å². The average molecular weight is 319 g/mol. The quantitative estimate of drug-likeness (QED) is 0.806. The summed E-state index contributed by atoms with van der Waals surface area (Å²) in [5, 5.41) is 8.89. The van der Waals surface area contributed by atoms with Crippen LogP contribution in [0.1, 0.15) is 38.2 Å². The third-order valence-corrected chi connectivity index (χ3v) is 3.74. The fourth-order valence-corrected chi connectivity index (χ4v) is 2.48. The lowest BCUT2D eigenvalue weighted by Crippen LogP contribution is -2.33. The van der Waals surface area contributed by atoms with Crippen LogP contribution in [0.5, 0.6) is 5.75 Å². The summed E-state index contributed by atoms with van der Waals surface area (Å²) in [6.45, 7) is 3.60. The van der Waals surface area contributed by atoms with E-state index in [1.54, 1.807) is 19.1 Å². The summed E-state index contributed by atoms with van der Waals surface area (Å²) in [5.74, 6) is -1.85. The van der Waals surface area contributed by atoms with Crippen molar-refractivity contribution in [1.82, 2.24) is 0 Å². The van der Waals surface area contributed by atoms with Crippen molar-refractivity contribution < 1.29 is 27.8 Å². The van der Waals surface area contributed by atoms with Gasteiger partial charge in [0.05, 0.1) is 0 Å². The number of benzene rings is 1. The molecule has 0 heterocycles. The van der Waals surface area contributed by atoms with E-state index in [4.69, 9.17) is 10.8 Å². The molecule has 0 bridgehead atoms. The summed E-state index contributed by atoms with van der Waals surface area (Å²) < 4.78 is 41.4. The first kappa shape index (κ1) is 18.3. The van der Waals surface area contributed by atoms with Crippen LogP contribution in [0.25, 0.3) is 0 Å². The Morgan fingerprint density at radius 2 is 1.95 bits per heavy atom. The summed E-state index contributed by atoms with van der Waals surface area (Å²) in [6, 6.07) is 4.85. The Hall–Kier alpha value is -1.76. The normalized spacial score (nSPS) is 15.9. The molecule has 0 amide bonds. The van der Waals surface area contributed by atoms with E-state index in [1.165, 1.54) is 12.1 Å². The first-order chi connectivity index (χ1) is 10.2. The first-order valence-electron chi connectivity index (χ1n) is 6.98. The van der Waals surface area contributed by atoms with Gasteiger partial charge < -0.3 is 15.6 Å². The maximum atomic E-state index is 12.5. The molecule has 0 aliphatic rings. The van der Waals surface area contributed by atoms with Gasteiger partial charge in [0, 0.05) is 0 Å². The number of carboxylic acid groups (broad SMARTS) is 1. The molecule has 0 aliphatic heterocycles. The molecule has 22 heavy (non-hydrogen) atoms. The minimum absolute atomic E-state index is 0.163. The SMILES string of the molecule is CCC(CC(N)C(=O)O)C(C)c1ccccc1OC(F)(F)F. The van der Waals surface area contributed by atoms with Gasteiger partial charge in [0.2, 0.25) is 0 Å². The first-order valence-corrected chi connectivity index (χ1v) is 6.98. The molecule has 0 saturated heterocycles. The van der Waals surface area contributed by atoms with Gasteiger partial charge >= 0.3 is 12.3 Å². The number of carboxylic acids is 1. The number of nitrogens with two attached hydrogens (primary N) is 1. The molecule has 4 nitrogen and oxygen atoms in total. The lowest BCUT2D eigenvalue weighted by atomic mass is 9.81. The highest BCUT2D eigenvalue weighted by Gasteiger charge is 2.33. The lowest BCUT2D eigenvalue weighted by molar-refractivity contribution is -0.275. The Balaban J connectivity index is 2.99. The minimum Gasteiger partial charge on any atom is -0.480 e. The molecule has 1 aromatic carbocycles. The Kier molecular flexibility index (Phi) is 6.22. The smallest absolute Gasteiger partial charge is 0.480 e. The van der Waals surface area contributed by atoms with Crippen molar-refractivity contribution in [2.24, 2.45) is 11.7 Å². The molecule has 3 atom stereocenters. The van der Waals surface area contributed by atoms with E-state index < -0.39 is 18.4 Å². The molecule has 1 aromatic rings. The van der Waals surface area contributed by atoms with E-state index in [-0.39, 0.29) is 24.0 Å². The van der Waals surface area contributed by atoms with Crippen molar-refractivity contribution in [3.05, 3.63) is 29.8 Å². The molecule has 3 unspecified atom stereocenters. The number of halogens is 3. The highest BCUT2D eigenvalue weighted by Crippen LogP contribution is 2.37. The number of rotatable bonds is 7. The summed E-state index contributed by atoms with van der Waals surface area (Å²) in [6.07, 6.45) is -3.98. The molecule has 0 fully saturated rings. The molecule has 7 heteroatoms. The van der Waals surface area contributed by atoms with E-state index in [0.717, 1.165) is 0 Å². The number of carbonyl (C=O) groups is 1. The van der Waals surface area contributed by atoms with Crippen LogP contribution >= 0.6 is 0 Å². The molecule has 3 N–H and O–H groups in total. The third-order valence-electron chi connectivity index (χ3n) is 3.74. The Bertz CT molecular complexity index is 505. The Morgan fingerprint density at radius 1 is 1.36 bits per heavy atom. The molecule has 0 aromatic heterocycles. The molecule has 124 valence electrons. The van der Waals surface area contributed by atoms with Crippen LogP contribution in [0.2, 0.25) is 0 Å². The average Bonchev–Trinajstić information content (AvgIpc) is 2.42. The second-order valence-corrected chi connectivity index (χ2v) is 5.22. The second-order valence-electron chi connectivity index (χ2n) is 5.22. The topological polar surface area (TPSA) is 72.6 Å². The number of hydrogen-bond donors (Lipinski definition) is 2. The van der Waals surface area contributed by atoms with Crippen molar-refractivity contribution in [2.75, 3.05) is 0 Å². The van der Waals surface area contributed by atoms with Crippen molar-refractivity contribution >= 4 is 5.97 Å². The van der Waals surface area contributed by atoms with Gasteiger partial charge in [0.25, 0.3) is 0 Å². The predicted octanol–water partition coefficient (Wildman–Crippen LogP) is 3.52. The highest BCUT2D eigenvalue weighted by molar-refractivity contribution is 5.73. The lowest BCUT2D eigenvalue weighted by Gasteiger charge is -2.26. The van der Waals surface area contributed by atoms with E-state index in [9.17, 15) is 18.0 Å². The summed E-state index contributed by atoms with van der Waals surface area (Å²) in [5.41, 5.74) is 5.93. The van der Waals surface area contributed by atoms with E-state index in [0.29, 0.717) is 12.0 Å². The molecular weight excluding hydrogens is 299 g/mol. The Morgan fingerprint density at radius 3 is 2.45 bits per heavy atom. The molecule has 1 rings (SSSR count). The van der Waals surface area contributed by atoms with Gasteiger partial charge in [0.15, 0.2) is 0 Å². The van der Waals surface area contributed by atoms with Gasteiger partial charge in [-0.3, -0.25) is 4.79 Å². The monoisotopic (exact) mass is 319 g/mol. The standard InChI is InChI=1S/C15H20F3NO3/c1-3-10(8-12(19)14(20)21)9(2)11-6-4-5-7-13(11)22-15(16,17)18/h4-7,9-10,12H,3,8,19H2,1-2H3,(H,20,21). The van der Waals surface area contributed by atoms with Gasteiger partial charge in [-0.15, -0.1) is 13.2 Å². The van der Waals surface area contributed by atoms with Crippen molar-refractivity contribution in [3.63, 3.8) is 0 Å². The van der Waals surface area contributed by atoms with Gasteiger partial charge in [-0.1, -0.05) is 38.5 Å². The van der Waals surface area contributed by atoms with Crippen molar-refractivity contribution in [3.8, 4) is 5.75 Å². The zero-order valence-corrected chi connectivity index (χ0v) is 12.4. The summed E-state index contributed by atoms with van der Waals surface area (Å²) >= 11 is 0. The molecule has 0 radical (unpaired) electrons. The fourth-order valence-electron chi connectivity index (χ4n) is 2.48. The van der Waals surface area contributed by atoms with Crippen LogP contribution in [0.3, 0.4) is 0 Å². The number of hydrogen-bond acceptors (Lipinski definition) is 3. The fraction of sp³-hybridized carbons (Fsp3) is 0.533. The van der Waals surface area contributed by atoms with E-state index >= 15 is 0 Å². The molecule has 0 saturated carbocycles. The third kappa shape index (κ3) is 5.22. The molecule has 0 aliphatic carbocycles. The van der Waals surface area contributed by atoms with Gasteiger partial charge in [-0.25, -0.2) is 0 Å². The zero-order chi connectivity index (χ0) is 16.9. The van der Waals surface area contributed by atoms with Crippen LogP contribution in [0.15, 0.2) is 24.3 Å². The van der Waals surface area contributed by atoms with Gasteiger partial charge in [0.1, 0.15) is 11.8 Å². The molecular formula is C15H20F3NO3. The van der Waals surface area contributed by atoms with Crippen molar-refractivity contribution in [1.29, 1.82) is 0 Å². The van der Waals surface area contributed by atoms with Crippen molar-refractivity contribution in [2.45, 2.75) is 45.0 Å². The summed E-state index contributed by atoms with van der Waals surface area (Å²) in [4.78, 5) is 10.9. The largest absolute Gasteiger partial charge is 0.573 e. The van der Waals surface area contributed by atoms with Crippen LogP contribution in [-0.4, -0.2) is 23.5 Å². The predicted molar refractivity (Wildman–Crippen MR) is 75.5 cm³/mol. The van der Waals surface area contributed by atoms with Crippen LogP contribution < -0.4 is 10.5 Å². The maximum Gasteiger partial charge on any atom is 0.573 e. The maximum absolute atomic E-state index is 12.5. The highest BCUT2D eigenvalue weighted by atomic mass is 19.4. The Labute approximate surface area is 127 Å². The zero-order valence-electron chi connectivity index (χ0n) is 12.4. The number of ether oxygens (including phenoxy) is 1. The molecule has 0 spiro atoms. The van der Waals surface area contributed by atoms with Gasteiger partial charge in [-0.2, -0.15) is 0 Å².